The van der Waals surface area contributed by atoms with E-state index in [1.807, 2.05) is 0 Å². The number of nitrogens with two attached hydrogens (primary N) is 1. The maximum absolute atomic E-state index is 14.0. The Balaban J connectivity index is 2.01. The molecule has 0 radical (unpaired) electrons. The first-order valence-electron chi connectivity index (χ1n) is 6.13. The highest BCUT2D eigenvalue weighted by Crippen LogP contribution is 2.33. The van der Waals surface area contributed by atoms with Crippen molar-refractivity contribution in [2.24, 2.45) is 5.73 Å². The molecule has 3 rings (SSSR count). The monoisotopic (exact) mass is 264 g/mol. The first-order chi connectivity index (χ1) is 9.11. The molecule has 2 atom stereocenters. The summed E-state index contributed by atoms with van der Waals surface area (Å²) in [5, 5.41) is 0. The molecule has 2 aliphatic heterocycles. The number of hydrogen-bond donors (Lipinski definition) is 1. The van der Waals surface area contributed by atoms with Crippen LogP contribution in [-0.4, -0.2) is 24.0 Å². The molecule has 2 amide bonds. The third-order valence-electron chi connectivity index (χ3n) is 3.50. The summed E-state index contributed by atoms with van der Waals surface area (Å²) in [5.41, 5.74) is 6.01. The van der Waals surface area contributed by atoms with Crippen molar-refractivity contribution in [1.82, 2.24) is 0 Å². The van der Waals surface area contributed by atoms with Gasteiger partial charge < -0.3 is 10.5 Å². The molecule has 100 valence electrons. The van der Waals surface area contributed by atoms with Crippen LogP contribution >= 0.6 is 0 Å². The lowest BCUT2D eigenvalue weighted by molar-refractivity contribution is -0.146. The van der Waals surface area contributed by atoms with Gasteiger partial charge in [0.2, 0.25) is 0 Å². The Morgan fingerprint density at radius 1 is 1.26 bits per heavy atom. The standard InChI is InChI=1S/C13H13FN2O3/c14-8-5-7(6-15)1-2-9(8)16-12(17)10-3-4-11(19-10)13(16)18/h1-2,5,10-11H,3-4,6,15H2. The van der Waals surface area contributed by atoms with E-state index in [9.17, 15) is 14.0 Å². The molecule has 2 heterocycles. The van der Waals surface area contributed by atoms with Gasteiger partial charge in [0.05, 0.1) is 5.69 Å². The molecular formula is C13H13FN2O3. The molecule has 0 spiro atoms. The second-order valence-electron chi connectivity index (χ2n) is 4.69. The van der Waals surface area contributed by atoms with Gasteiger partial charge in [-0.25, -0.2) is 9.29 Å². The normalized spacial score (nSPS) is 26.1. The third-order valence-corrected chi connectivity index (χ3v) is 3.50. The Kier molecular flexibility index (Phi) is 2.83. The molecule has 1 aromatic rings. The molecular weight excluding hydrogens is 251 g/mol. The van der Waals surface area contributed by atoms with Crippen LogP contribution in [0.25, 0.3) is 0 Å². The number of rotatable bonds is 2. The van der Waals surface area contributed by atoms with Gasteiger partial charge in [0.1, 0.15) is 18.0 Å². The van der Waals surface area contributed by atoms with E-state index >= 15 is 0 Å². The van der Waals surface area contributed by atoms with Gasteiger partial charge in [0.25, 0.3) is 11.8 Å². The lowest BCUT2D eigenvalue weighted by atomic mass is 10.1. The number of fused-ring (bicyclic) bond motifs is 2. The predicted octanol–water partition coefficient (Wildman–Crippen LogP) is 0.705. The van der Waals surface area contributed by atoms with Crippen molar-refractivity contribution >= 4 is 17.5 Å². The Morgan fingerprint density at radius 2 is 1.89 bits per heavy atom. The topological polar surface area (TPSA) is 72.6 Å². The minimum atomic E-state index is -0.628. The van der Waals surface area contributed by atoms with Crippen LogP contribution in [0.1, 0.15) is 18.4 Å². The summed E-state index contributed by atoms with van der Waals surface area (Å²) in [5.74, 6) is -1.60. The second-order valence-corrected chi connectivity index (χ2v) is 4.69. The number of carbonyl (C=O) groups is 2. The van der Waals surface area contributed by atoms with Crippen molar-refractivity contribution in [2.45, 2.75) is 31.6 Å². The van der Waals surface area contributed by atoms with Crippen molar-refractivity contribution < 1.29 is 18.7 Å². The van der Waals surface area contributed by atoms with Gasteiger partial charge in [-0.3, -0.25) is 9.59 Å². The second kappa shape index (κ2) is 4.40. The molecule has 2 fully saturated rings. The van der Waals surface area contributed by atoms with E-state index in [1.54, 1.807) is 6.07 Å². The summed E-state index contributed by atoms with van der Waals surface area (Å²) >= 11 is 0. The summed E-state index contributed by atoms with van der Waals surface area (Å²) < 4.78 is 19.3. The van der Waals surface area contributed by atoms with Gasteiger partial charge in [0.15, 0.2) is 0 Å². The Labute approximate surface area is 109 Å². The number of hydrogen-bond acceptors (Lipinski definition) is 4. The zero-order valence-electron chi connectivity index (χ0n) is 10.1. The summed E-state index contributed by atoms with van der Waals surface area (Å²) in [7, 11) is 0. The van der Waals surface area contributed by atoms with Gasteiger partial charge in [0, 0.05) is 6.54 Å². The fourth-order valence-corrected chi connectivity index (χ4v) is 2.49. The van der Waals surface area contributed by atoms with Gasteiger partial charge in [-0.15, -0.1) is 0 Å². The fraction of sp³-hybridized carbons (Fsp3) is 0.385. The lowest BCUT2D eigenvalue weighted by Gasteiger charge is -2.30. The summed E-state index contributed by atoms with van der Waals surface area (Å²) in [6, 6.07) is 4.27. The largest absolute Gasteiger partial charge is 0.355 e. The molecule has 0 saturated carbocycles. The van der Waals surface area contributed by atoms with Crippen LogP contribution < -0.4 is 10.6 Å². The summed E-state index contributed by atoms with van der Waals surface area (Å²) in [6.45, 7) is 0.202. The smallest absolute Gasteiger partial charge is 0.263 e. The van der Waals surface area contributed by atoms with Crippen molar-refractivity contribution in [1.29, 1.82) is 0 Å². The molecule has 6 heteroatoms. The van der Waals surface area contributed by atoms with Crippen LogP contribution in [-0.2, 0) is 20.9 Å². The molecule has 2 bridgehead atoms. The number of ether oxygens (including phenoxy) is 1. The van der Waals surface area contributed by atoms with Crippen LogP contribution in [0.2, 0.25) is 0 Å². The van der Waals surface area contributed by atoms with Crippen LogP contribution in [0, 0.1) is 5.82 Å². The maximum atomic E-state index is 14.0. The molecule has 2 aliphatic rings. The van der Waals surface area contributed by atoms with E-state index in [0.717, 1.165) is 4.90 Å². The zero-order chi connectivity index (χ0) is 13.6. The van der Waals surface area contributed by atoms with Crippen LogP contribution in [0.3, 0.4) is 0 Å². The van der Waals surface area contributed by atoms with Crippen molar-refractivity contribution in [3.05, 3.63) is 29.6 Å². The number of anilines is 1. The maximum Gasteiger partial charge on any atom is 0.263 e. The summed E-state index contributed by atoms with van der Waals surface area (Å²) in [4.78, 5) is 25.1. The van der Waals surface area contributed by atoms with E-state index in [2.05, 4.69) is 0 Å². The number of imide groups is 1. The Hall–Kier alpha value is -1.79. The Morgan fingerprint density at radius 3 is 2.42 bits per heavy atom. The number of morpholine rings is 1. The fourth-order valence-electron chi connectivity index (χ4n) is 2.49. The van der Waals surface area contributed by atoms with Crippen LogP contribution in [0.4, 0.5) is 10.1 Å². The molecule has 2 saturated heterocycles. The van der Waals surface area contributed by atoms with Crippen molar-refractivity contribution in [2.75, 3.05) is 4.90 Å². The highest BCUT2D eigenvalue weighted by molar-refractivity contribution is 6.19. The third kappa shape index (κ3) is 1.84. The quantitative estimate of drug-likeness (QED) is 0.798. The average molecular weight is 264 g/mol. The molecule has 0 aliphatic carbocycles. The zero-order valence-corrected chi connectivity index (χ0v) is 10.1. The highest BCUT2D eigenvalue weighted by Gasteiger charge is 2.47. The van der Waals surface area contributed by atoms with Gasteiger partial charge in [-0.05, 0) is 30.5 Å². The number of halogens is 1. The molecule has 1 aromatic carbocycles. The van der Waals surface area contributed by atoms with Crippen LogP contribution in [0.15, 0.2) is 18.2 Å². The number of benzene rings is 1. The van der Waals surface area contributed by atoms with Gasteiger partial charge in [-0.2, -0.15) is 0 Å². The molecule has 0 aromatic heterocycles. The number of amides is 2. The minimum absolute atomic E-state index is 0.0209. The molecule has 5 nitrogen and oxygen atoms in total. The predicted molar refractivity (Wildman–Crippen MR) is 64.7 cm³/mol. The molecule has 2 unspecified atom stereocenters. The molecule has 19 heavy (non-hydrogen) atoms. The van der Waals surface area contributed by atoms with E-state index in [1.165, 1.54) is 12.1 Å². The van der Waals surface area contributed by atoms with Crippen molar-refractivity contribution in [3.63, 3.8) is 0 Å². The summed E-state index contributed by atoms with van der Waals surface area (Å²) in [6.07, 6.45) is -0.241. The van der Waals surface area contributed by atoms with Gasteiger partial charge >= 0.3 is 0 Å². The van der Waals surface area contributed by atoms with Crippen LogP contribution in [0.5, 0.6) is 0 Å². The lowest BCUT2D eigenvalue weighted by Crippen LogP contribution is -2.52. The van der Waals surface area contributed by atoms with Crippen molar-refractivity contribution in [3.8, 4) is 0 Å². The highest BCUT2D eigenvalue weighted by atomic mass is 19.1. The first-order valence-corrected chi connectivity index (χ1v) is 6.13. The molecule has 2 N–H and O–H groups in total. The van der Waals surface area contributed by atoms with E-state index in [4.69, 9.17) is 10.5 Å². The average Bonchev–Trinajstić information content (AvgIpc) is 2.85. The van der Waals surface area contributed by atoms with E-state index < -0.39 is 29.8 Å². The number of carbonyl (C=O) groups excluding carboxylic acids is 2. The van der Waals surface area contributed by atoms with E-state index in [0.29, 0.717) is 18.4 Å². The Bertz CT molecular complexity index is 539. The SMILES string of the molecule is NCc1ccc(N2C(=O)C3CCC(O3)C2=O)c(F)c1. The van der Waals surface area contributed by atoms with Gasteiger partial charge in [-0.1, -0.05) is 6.07 Å². The first kappa shape index (κ1) is 12.3. The number of nitrogens with zero attached hydrogens (tertiary/aromatic N) is 1. The van der Waals surface area contributed by atoms with E-state index in [-0.39, 0.29) is 12.2 Å². The minimum Gasteiger partial charge on any atom is -0.355 e.